The number of piperidine rings is 1. The van der Waals surface area contributed by atoms with Gasteiger partial charge in [0.1, 0.15) is 0 Å². The molecule has 0 atom stereocenters. The van der Waals surface area contributed by atoms with Crippen LogP contribution in [0.4, 0.5) is 0 Å². The number of amides is 1. The Kier molecular flexibility index (Phi) is 7.05. The lowest BCUT2D eigenvalue weighted by Crippen LogP contribution is -2.48. The van der Waals surface area contributed by atoms with Gasteiger partial charge in [-0.05, 0) is 24.7 Å². The molecule has 1 fully saturated rings. The molecule has 1 N–H and O–H groups in total. The maximum atomic E-state index is 12.0. The summed E-state index contributed by atoms with van der Waals surface area (Å²) in [5, 5.41) is 3.10. The summed E-state index contributed by atoms with van der Waals surface area (Å²) in [5.74, 6) is -0.0519. The van der Waals surface area contributed by atoms with Crippen LogP contribution in [0.25, 0.3) is 0 Å². The van der Waals surface area contributed by atoms with Gasteiger partial charge in [0.25, 0.3) is 0 Å². The molecule has 0 aromatic rings. The number of nitrogens with zero attached hydrogens (tertiary/aromatic N) is 1. The summed E-state index contributed by atoms with van der Waals surface area (Å²) in [5.41, 5.74) is -0.169. The van der Waals surface area contributed by atoms with E-state index in [-0.39, 0.29) is 28.7 Å². The van der Waals surface area contributed by atoms with Gasteiger partial charge in [-0.15, -0.1) is 0 Å². The highest BCUT2D eigenvalue weighted by Crippen LogP contribution is 2.18. The molecule has 0 bridgehead atoms. The molecule has 1 aliphatic heterocycles. The number of carbonyl (C=O) groups excluding carboxylic acids is 2. The molecule has 0 spiro atoms. The smallest absolute Gasteiger partial charge is 0.320 e. The standard InChI is InChI=1S/C18H34N2O3/c1-17(2,3)9-12-23-15(21)13-20-10-7-14(8-11-20)19-16(22)18(4,5)6/h14H,7-13H2,1-6H3,(H,19,22). The SMILES string of the molecule is CC(C)(C)CCOC(=O)CN1CCC(NC(=O)C(C)(C)C)CC1. The summed E-state index contributed by atoms with van der Waals surface area (Å²) >= 11 is 0. The van der Waals surface area contributed by atoms with Crippen LogP contribution in [0.15, 0.2) is 0 Å². The van der Waals surface area contributed by atoms with E-state index in [4.69, 9.17) is 4.74 Å². The Hall–Kier alpha value is -1.10. The second kappa shape index (κ2) is 8.13. The first-order valence-corrected chi connectivity index (χ1v) is 8.66. The van der Waals surface area contributed by atoms with Gasteiger partial charge < -0.3 is 10.1 Å². The number of ether oxygens (including phenoxy) is 1. The molecule has 0 aliphatic carbocycles. The number of likely N-dealkylation sites (tertiary alicyclic amines) is 1. The van der Waals surface area contributed by atoms with Gasteiger partial charge in [-0.2, -0.15) is 0 Å². The van der Waals surface area contributed by atoms with Crippen LogP contribution in [0.1, 0.15) is 60.8 Å². The van der Waals surface area contributed by atoms with E-state index in [9.17, 15) is 9.59 Å². The van der Waals surface area contributed by atoms with Gasteiger partial charge in [-0.1, -0.05) is 41.5 Å². The topological polar surface area (TPSA) is 58.6 Å². The zero-order chi connectivity index (χ0) is 17.7. The molecule has 5 nitrogen and oxygen atoms in total. The molecule has 23 heavy (non-hydrogen) atoms. The van der Waals surface area contributed by atoms with E-state index in [2.05, 4.69) is 31.0 Å². The first kappa shape index (κ1) is 19.9. The lowest BCUT2D eigenvalue weighted by atomic mass is 9.93. The fourth-order valence-electron chi connectivity index (χ4n) is 2.34. The van der Waals surface area contributed by atoms with Gasteiger partial charge in [-0.3, -0.25) is 14.5 Å². The number of hydrogen-bond acceptors (Lipinski definition) is 4. The minimum Gasteiger partial charge on any atom is -0.465 e. The highest BCUT2D eigenvalue weighted by molar-refractivity contribution is 5.81. The van der Waals surface area contributed by atoms with Crippen molar-refractivity contribution in [1.82, 2.24) is 10.2 Å². The van der Waals surface area contributed by atoms with E-state index in [1.807, 2.05) is 20.8 Å². The Labute approximate surface area is 141 Å². The molecule has 1 heterocycles. The molecule has 1 amide bonds. The highest BCUT2D eigenvalue weighted by atomic mass is 16.5. The van der Waals surface area contributed by atoms with E-state index >= 15 is 0 Å². The quantitative estimate of drug-likeness (QED) is 0.789. The molecule has 1 saturated heterocycles. The van der Waals surface area contributed by atoms with E-state index < -0.39 is 0 Å². The van der Waals surface area contributed by atoms with Crippen LogP contribution in [-0.2, 0) is 14.3 Å². The van der Waals surface area contributed by atoms with Crippen molar-refractivity contribution in [3.8, 4) is 0 Å². The van der Waals surface area contributed by atoms with Crippen molar-refractivity contribution in [2.75, 3.05) is 26.2 Å². The molecule has 1 rings (SSSR count). The van der Waals surface area contributed by atoms with Crippen LogP contribution in [0.5, 0.6) is 0 Å². The summed E-state index contributed by atoms with van der Waals surface area (Å²) in [6.07, 6.45) is 2.65. The van der Waals surface area contributed by atoms with Gasteiger partial charge in [0, 0.05) is 24.5 Å². The van der Waals surface area contributed by atoms with Crippen molar-refractivity contribution in [3.63, 3.8) is 0 Å². The van der Waals surface area contributed by atoms with E-state index in [1.54, 1.807) is 0 Å². The van der Waals surface area contributed by atoms with Gasteiger partial charge in [0.05, 0.1) is 13.2 Å². The minimum atomic E-state index is -0.353. The molecule has 0 aromatic carbocycles. The van der Waals surface area contributed by atoms with Crippen LogP contribution < -0.4 is 5.32 Å². The second-order valence-corrected chi connectivity index (χ2v) is 8.81. The van der Waals surface area contributed by atoms with Crippen LogP contribution in [0.3, 0.4) is 0 Å². The fraction of sp³-hybridized carbons (Fsp3) is 0.889. The molecular weight excluding hydrogens is 292 g/mol. The highest BCUT2D eigenvalue weighted by Gasteiger charge is 2.27. The van der Waals surface area contributed by atoms with Crippen molar-refractivity contribution >= 4 is 11.9 Å². The maximum Gasteiger partial charge on any atom is 0.320 e. The summed E-state index contributed by atoms with van der Waals surface area (Å²) in [4.78, 5) is 26.0. The molecule has 0 unspecified atom stereocenters. The molecular formula is C18H34N2O3. The van der Waals surface area contributed by atoms with Crippen LogP contribution in [0.2, 0.25) is 0 Å². The van der Waals surface area contributed by atoms with Crippen molar-refractivity contribution in [3.05, 3.63) is 0 Å². The molecule has 134 valence electrons. The van der Waals surface area contributed by atoms with Gasteiger partial charge in [-0.25, -0.2) is 0 Å². The number of nitrogens with one attached hydrogen (secondary N) is 1. The maximum absolute atomic E-state index is 12.0. The van der Waals surface area contributed by atoms with E-state index in [1.165, 1.54) is 0 Å². The Bertz CT molecular complexity index is 399. The number of carbonyl (C=O) groups is 2. The van der Waals surface area contributed by atoms with E-state index in [0.29, 0.717) is 13.2 Å². The largest absolute Gasteiger partial charge is 0.465 e. The predicted octanol–water partition coefficient (Wildman–Crippen LogP) is 2.59. The van der Waals surface area contributed by atoms with Gasteiger partial charge in [0.15, 0.2) is 0 Å². The molecule has 0 saturated carbocycles. The van der Waals surface area contributed by atoms with Crippen molar-refractivity contribution in [2.24, 2.45) is 10.8 Å². The summed E-state index contributed by atoms with van der Waals surface area (Å²) in [7, 11) is 0. The third kappa shape index (κ3) is 8.35. The Morgan fingerprint density at radius 3 is 2.13 bits per heavy atom. The fourth-order valence-corrected chi connectivity index (χ4v) is 2.34. The summed E-state index contributed by atoms with van der Waals surface area (Å²) in [6, 6.07) is 0.217. The zero-order valence-corrected chi connectivity index (χ0v) is 15.7. The number of rotatable bonds is 5. The molecule has 0 aromatic heterocycles. The van der Waals surface area contributed by atoms with E-state index in [0.717, 1.165) is 32.4 Å². The van der Waals surface area contributed by atoms with Crippen LogP contribution in [-0.4, -0.2) is 49.1 Å². The normalized spacial score (nSPS) is 17.8. The lowest BCUT2D eigenvalue weighted by Gasteiger charge is -2.33. The van der Waals surface area contributed by atoms with Crippen molar-refractivity contribution in [1.29, 1.82) is 0 Å². The average Bonchev–Trinajstić information content (AvgIpc) is 2.38. The van der Waals surface area contributed by atoms with Crippen LogP contribution >= 0.6 is 0 Å². The van der Waals surface area contributed by atoms with Gasteiger partial charge in [0.2, 0.25) is 5.91 Å². The Morgan fingerprint density at radius 1 is 1.09 bits per heavy atom. The third-order valence-electron chi connectivity index (χ3n) is 4.07. The molecule has 5 heteroatoms. The summed E-state index contributed by atoms with van der Waals surface area (Å²) < 4.78 is 5.31. The lowest BCUT2D eigenvalue weighted by molar-refractivity contribution is -0.146. The minimum absolute atomic E-state index is 0.0949. The predicted molar refractivity (Wildman–Crippen MR) is 92.1 cm³/mol. The molecule has 1 aliphatic rings. The van der Waals surface area contributed by atoms with Gasteiger partial charge >= 0.3 is 5.97 Å². The zero-order valence-electron chi connectivity index (χ0n) is 15.7. The Balaban J connectivity index is 2.23. The number of esters is 1. The second-order valence-electron chi connectivity index (χ2n) is 8.81. The molecule has 0 radical (unpaired) electrons. The van der Waals surface area contributed by atoms with Crippen LogP contribution in [0, 0.1) is 10.8 Å². The summed E-state index contributed by atoms with van der Waals surface area (Å²) in [6.45, 7) is 14.7. The van der Waals surface area contributed by atoms with Crippen molar-refractivity contribution < 1.29 is 14.3 Å². The monoisotopic (exact) mass is 326 g/mol. The Morgan fingerprint density at radius 2 is 1.65 bits per heavy atom. The number of hydrogen-bond donors (Lipinski definition) is 1. The first-order valence-electron chi connectivity index (χ1n) is 8.66. The average molecular weight is 326 g/mol. The first-order chi connectivity index (χ1) is 10.5. The van der Waals surface area contributed by atoms with Crippen molar-refractivity contribution in [2.45, 2.75) is 66.8 Å². The third-order valence-corrected chi connectivity index (χ3v) is 4.07.